The van der Waals surface area contributed by atoms with Crippen LogP contribution in [0.3, 0.4) is 0 Å². The zero-order chi connectivity index (χ0) is 17.8. The summed E-state index contributed by atoms with van der Waals surface area (Å²) >= 11 is 0. The van der Waals surface area contributed by atoms with Crippen LogP contribution in [0.1, 0.15) is 6.92 Å². The second-order valence-electron chi connectivity index (χ2n) is 5.24. The topological polar surface area (TPSA) is 102 Å². The van der Waals surface area contributed by atoms with Crippen LogP contribution in [-0.4, -0.2) is 16.1 Å². The highest BCUT2D eigenvalue weighted by atomic mass is 19.1. The Morgan fingerprint density at radius 2 is 1.68 bits per heavy atom. The van der Waals surface area contributed by atoms with Gasteiger partial charge in [-0.05, 0) is 48.5 Å². The molecule has 0 saturated carbocycles. The summed E-state index contributed by atoms with van der Waals surface area (Å²) in [4.78, 5) is 22.9. The summed E-state index contributed by atoms with van der Waals surface area (Å²) in [5.41, 5.74) is 1.84. The molecule has 1 aromatic heterocycles. The number of H-pyrrole nitrogens is 2. The van der Waals surface area contributed by atoms with E-state index in [9.17, 15) is 14.0 Å². The van der Waals surface area contributed by atoms with Crippen LogP contribution in [0, 0.1) is 5.82 Å². The van der Waals surface area contributed by atoms with Gasteiger partial charge in [0.15, 0.2) is 5.69 Å². The molecule has 0 spiro atoms. The van der Waals surface area contributed by atoms with Crippen molar-refractivity contribution < 1.29 is 9.18 Å². The first-order valence-corrected chi connectivity index (χ1v) is 7.39. The van der Waals surface area contributed by atoms with Crippen LogP contribution in [0.2, 0.25) is 0 Å². The number of aromatic nitrogens is 2. The molecular formula is C17H14FN5O2. The number of rotatable bonds is 4. The lowest BCUT2D eigenvalue weighted by Crippen LogP contribution is -2.04. The third kappa shape index (κ3) is 3.86. The monoisotopic (exact) mass is 339 g/mol. The van der Waals surface area contributed by atoms with Crippen LogP contribution < -0.4 is 10.9 Å². The molecule has 0 aliphatic rings. The average molecular weight is 339 g/mol. The van der Waals surface area contributed by atoms with Crippen LogP contribution in [0.4, 0.5) is 21.5 Å². The fraction of sp³-hybridized carbons (Fsp3) is 0.0588. The predicted molar refractivity (Wildman–Crippen MR) is 91.7 cm³/mol. The van der Waals surface area contributed by atoms with Crippen molar-refractivity contribution in [2.45, 2.75) is 6.92 Å². The molecule has 1 heterocycles. The summed E-state index contributed by atoms with van der Waals surface area (Å²) in [7, 11) is 0. The van der Waals surface area contributed by atoms with Crippen LogP contribution in [0.25, 0.3) is 11.3 Å². The fourth-order valence-electron chi connectivity index (χ4n) is 2.19. The number of carbonyl (C=O) groups excluding carboxylic acids is 1. The number of hydrogen-bond acceptors (Lipinski definition) is 4. The summed E-state index contributed by atoms with van der Waals surface area (Å²) in [5, 5.41) is 15.8. The Bertz CT molecular complexity index is 972. The number of halogens is 1. The molecule has 25 heavy (non-hydrogen) atoms. The SMILES string of the molecule is CC(=O)Nc1ccc(N=Nc2c(-c3ccc(F)cc3)[nH][nH]c2=O)cc1. The van der Waals surface area contributed by atoms with E-state index in [1.165, 1.54) is 31.2 Å². The summed E-state index contributed by atoms with van der Waals surface area (Å²) < 4.78 is 13.0. The van der Waals surface area contributed by atoms with Gasteiger partial charge in [-0.2, -0.15) is 5.11 Å². The molecule has 8 heteroatoms. The number of hydrogen-bond donors (Lipinski definition) is 3. The molecule has 1 amide bonds. The Morgan fingerprint density at radius 1 is 1.00 bits per heavy atom. The highest BCUT2D eigenvalue weighted by molar-refractivity contribution is 5.88. The van der Waals surface area contributed by atoms with E-state index in [1.807, 2.05) is 0 Å². The van der Waals surface area contributed by atoms with Crippen LogP contribution >= 0.6 is 0 Å². The maximum atomic E-state index is 13.0. The summed E-state index contributed by atoms with van der Waals surface area (Å²) in [6.45, 7) is 1.42. The standard InChI is InChI=1S/C17H14FN5O2/c1-10(24)19-13-6-8-14(9-7-13)20-22-16-15(21-23-17(16)25)11-2-4-12(18)5-3-11/h2-9H,1H3,(H,19,24)(H2,21,23,25). The van der Waals surface area contributed by atoms with E-state index in [-0.39, 0.29) is 17.4 Å². The Labute approximate surface area is 141 Å². The van der Waals surface area contributed by atoms with Gasteiger partial charge in [-0.3, -0.25) is 19.8 Å². The summed E-state index contributed by atoms with van der Waals surface area (Å²) in [6.07, 6.45) is 0. The van der Waals surface area contributed by atoms with Crippen LogP contribution in [-0.2, 0) is 4.79 Å². The minimum Gasteiger partial charge on any atom is -0.326 e. The van der Waals surface area contributed by atoms with Gasteiger partial charge in [-0.1, -0.05) is 0 Å². The second-order valence-corrected chi connectivity index (χ2v) is 5.24. The molecule has 7 nitrogen and oxygen atoms in total. The number of carbonyl (C=O) groups is 1. The minimum atomic E-state index is -0.432. The van der Waals surface area contributed by atoms with Gasteiger partial charge in [-0.25, -0.2) is 4.39 Å². The zero-order valence-electron chi connectivity index (χ0n) is 13.2. The summed E-state index contributed by atoms with van der Waals surface area (Å²) in [5.74, 6) is -0.541. The van der Waals surface area contributed by atoms with Gasteiger partial charge in [0, 0.05) is 18.2 Å². The van der Waals surface area contributed by atoms with Crippen molar-refractivity contribution in [3.63, 3.8) is 0 Å². The molecule has 0 unspecified atom stereocenters. The molecule has 0 aliphatic carbocycles. The highest BCUT2D eigenvalue weighted by Gasteiger charge is 2.11. The van der Waals surface area contributed by atoms with Gasteiger partial charge in [0.1, 0.15) is 5.82 Å². The van der Waals surface area contributed by atoms with Crippen molar-refractivity contribution in [1.82, 2.24) is 10.2 Å². The molecular weight excluding hydrogens is 325 g/mol. The van der Waals surface area contributed by atoms with Gasteiger partial charge in [0.05, 0.1) is 11.4 Å². The quantitative estimate of drug-likeness (QED) is 0.628. The lowest BCUT2D eigenvalue weighted by Gasteiger charge is -2.01. The lowest BCUT2D eigenvalue weighted by molar-refractivity contribution is -0.114. The average Bonchev–Trinajstić information content (AvgIpc) is 2.95. The highest BCUT2D eigenvalue weighted by Crippen LogP contribution is 2.27. The molecule has 2 aromatic carbocycles. The molecule has 0 fully saturated rings. The number of nitrogens with one attached hydrogen (secondary N) is 3. The van der Waals surface area contributed by atoms with Gasteiger partial charge in [0.2, 0.25) is 5.91 Å². The molecule has 0 aliphatic heterocycles. The van der Waals surface area contributed by atoms with Gasteiger partial charge in [0.25, 0.3) is 5.56 Å². The van der Waals surface area contributed by atoms with Gasteiger partial charge in [-0.15, -0.1) is 5.11 Å². The molecule has 0 atom stereocenters. The number of anilines is 1. The third-order valence-electron chi connectivity index (χ3n) is 3.34. The number of azo groups is 1. The van der Waals surface area contributed by atoms with E-state index in [2.05, 4.69) is 25.7 Å². The summed E-state index contributed by atoms with van der Waals surface area (Å²) in [6, 6.07) is 12.3. The molecule has 3 N–H and O–H groups in total. The van der Waals surface area contributed by atoms with Gasteiger partial charge < -0.3 is 5.32 Å². The van der Waals surface area contributed by atoms with Crippen LogP contribution in [0.5, 0.6) is 0 Å². The first-order chi connectivity index (χ1) is 12.0. The molecule has 3 aromatic rings. The molecule has 0 saturated heterocycles. The van der Waals surface area contributed by atoms with Crippen molar-refractivity contribution >= 4 is 23.0 Å². The number of benzene rings is 2. The first-order valence-electron chi connectivity index (χ1n) is 7.39. The number of nitrogens with zero attached hydrogens (tertiary/aromatic N) is 2. The molecule has 0 radical (unpaired) electrons. The van der Waals surface area contributed by atoms with Crippen molar-refractivity contribution in [3.8, 4) is 11.3 Å². The maximum absolute atomic E-state index is 13.0. The lowest BCUT2D eigenvalue weighted by atomic mass is 10.1. The van der Waals surface area contributed by atoms with Crippen molar-refractivity contribution in [3.05, 3.63) is 64.7 Å². The Hall–Kier alpha value is -3.55. The van der Waals surface area contributed by atoms with Crippen molar-refractivity contribution in [2.75, 3.05) is 5.32 Å². The predicted octanol–water partition coefficient (Wildman–Crippen LogP) is 3.88. The van der Waals surface area contributed by atoms with E-state index in [0.717, 1.165) is 0 Å². The Kier molecular flexibility index (Phi) is 4.51. The van der Waals surface area contributed by atoms with E-state index in [1.54, 1.807) is 24.3 Å². The maximum Gasteiger partial charge on any atom is 0.292 e. The molecule has 126 valence electrons. The third-order valence-corrected chi connectivity index (χ3v) is 3.34. The van der Waals surface area contributed by atoms with E-state index < -0.39 is 5.56 Å². The van der Waals surface area contributed by atoms with Crippen molar-refractivity contribution in [1.29, 1.82) is 0 Å². The molecule has 0 bridgehead atoms. The largest absolute Gasteiger partial charge is 0.326 e. The van der Waals surface area contributed by atoms with E-state index in [4.69, 9.17) is 0 Å². The minimum absolute atomic E-state index is 0.0949. The Morgan fingerprint density at radius 3 is 2.32 bits per heavy atom. The zero-order valence-corrected chi connectivity index (χ0v) is 13.2. The van der Waals surface area contributed by atoms with Crippen LogP contribution in [0.15, 0.2) is 63.6 Å². The number of aromatic amines is 2. The normalized spacial score (nSPS) is 11.0. The van der Waals surface area contributed by atoms with E-state index in [0.29, 0.717) is 22.6 Å². The van der Waals surface area contributed by atoms with E-state index >= 15 is 0 Å². The second kappa shape index (κ2) is 6.91. The Balaban J connectivity index is 1.86. The smallest absolute Gasteiger partial charge is 0.292 e. The first kappa shape index (κ1) is 16.3. The molecule has 3 rings (SSSR count). The van der Waals surface area contributed by atoms with Gasteiger partial charge >= 0.3 is 0 Å². The fourth-order valence-corrected chi connectivity index (χ4v) is 2.19. The van der Waals surface area contributed by atoms with Crippen molar-refractivity contribution in [2.24, 2.45) is 10.2 Å². The number of amides is 1.